The molecule has 0 saturated heterocycles. The Labute approximate surface area is 109 Å². The van der Waals surface area contributed by atoms with Gasteiger partial charge in [-0.3, -0.25) is 4.98 Å². The van der Waals surface area contributed by atoms with E-state index in [-0.39, 0.29) is 5.41 Å². The van der Waals surface area contributed by atoms with Crippen molar-refractivity contribution in [3.05, 3.63) is 65.5 Å². The Hall–Kier alpha value is -1.67. The van der Waals surface area contributed by atoms with Gasteiger partial charge in [-0.1, -0.05) is 36.8 Å². The molecule has 2 rings (SSSR count). The molecule has 0 spiro atoms. The molecule has 2 aromatic rings. The lowest BCUT2D eigenvalue weighted by Gasteiger charge is -2.29. The van der Waals surface area contributed by atoms with Crippen molar-refractivity contribution in [2.24, 2.45) is 5.73 Å². The van der Waals surface area contributed by atoms with Gasteiger partial charge in [0, 0.05) is 24.4 Å². The number of pyridine rings is 1. The van der Waals surface area contributed by atoms with Crippen LogP contribution in [0, 0.1) is 6.92 Å². The second-order valence-electron chi connectivity index (χ2n) is 5.17. The van der Waals surface area contributed by atoms with Gasteiger partial charge in [-0.2, -0.15) is 0 Å². The monoisotopic (exact) mass is 240 g/mol. The summed E-state index contributed by atoms with van der Waals surface area (Å²) >= 11 is 0. The summed E-state index contributed by atoms with van der Waals surface area (Å²) in [6, 6.07) is 12.7. The van der Waals surface area contributed by atoms with Crippen LogP contribution < -0.4 is 5.73 Å². The highest BCUT2D eigenvalue weighted by molar-refractivity contribution is 5.31. The molecule has 2 heteroatoms. The highest BCUT2D eigenvalue weighted by atomic mass is 14.6. The van der Waals surface area contributed by atoms with Gasteiger partial charge in [-0.15, -0.1) is 0 Å². The summed E-state index contributed by atoms with van der Waals surface area (Å²) in [6.07, 6.45) is 4.61. The summed E-state index contributed by atoms with van der Waals surface area (Å²) in [6.45, 7) is 4.98. The van der Waals surface area contributed by atoms with Crippen molar-refractivity contribution >= 4 is 0 Å². The number of nitrogens with zero attached hydrogens (tertiary/aromatic N) is 1. The number of nitrogens with two attached hydrogens (primary N) is 1. The Morgan fingerprint density at radius 3 is 2.50 bits per heavy atom. The largest absolute Gasteiger partial charge is 0.330 e. The Kier molecular flexibility index (Phi) is 3.78. The second-order valence-corrected chi connectivity index (χ2v) is 5.17. The number of hydrogen-bond acceptors (Lipinski definition) is 2. The topological polar surface area (TPSA) is 38.9 Å². The third kappa shape index (κ3) is 2.77. The van der Waals surface area contributed by atoms with Crippen LogP contribution in [-0.2, 0) is 11.8 Å². The lowest BCUT2D eigenvalue weighted by Crippen LogP contribution is -2.34. The molecule has 1 aromatic heterocycles. The molecule has 0 aliphatic carbocycles. The zero-order valence-corrected chi connectivity index (χ0v) is 11.1. The van der Waals surface area contributed by atoms with E-state index in [2.05, 4.69) is 55.2 Å². The fourth-order valence-electron chi connectivity index (χ4n) is 2.26. The summed E-state index contributed by atoms with van der Waals surface area (Å²) in [4.78, 5) is 4.06. The molecule has 1 unspecified atom stereocenters. The lowest BCUT2D eigenvalue weighted by molar-refractivity contribution is 0.480. The molecule has 94 valence electrons. The minimum absolute atomic E-state index is 0.0205. The van der Waals surface area contributed by atoms with E-state index in [9.17, 15) is 0 Å². The van der Waals surface area contributed by atoms with Gasteiger partial charge in [-0.25, -0.2) is 0 Å². The molecular weight excluding hydrogens is 220 g/mol. The van der Waals surface area contributed by atoms with Crippen LogP contribution in [0.2, 0.25) is 0 Å². The zero-order valence-electron chi connectivity index (χ0n) is 11.1. The molecule has 0 amide bonds. The third-order valence-electron chi connectivity index (χ3n) is 3.51. The highest BCUT2D eigenvalue weighted by Crippen LogP contribution is 2.27. The minimum Gasteiger partial charge on any atom is -0.330 e. The van der Waals surface area contributed by atoms with E-state index in [1.807, 2.05) is 12.4 Å². The van der Waals surface area contributed by atoms with Crippen molar-refractivity contribution in [2.45, 2.75) is 25.7 Å². The van der Waals surface area contributed by atoms with Crippen molar-refractivity contribution in [2.75, 3.05) is 6.54 Å². The Bertz CT molecular complexity index is 508. The molecule has 1 aromatic carbocycles. The second kappa shape index (κ2) is 5.32. The fourth-order valence-corrected chi connectivity index (χ4v) is 2.26. The molecule has 0 saturated carbocycles. The molecule has 2 nitrogen and oxygen atoms in total. The van der Waals surface area contributed by atoms with Crippen LogP contribution in [-0.4, -0.2) is 11.5 Å². The van der Waals surface area contributed by atoms with Crippen molar-refractivity contribution in [1.29, 1.82) is 0 Å². The molecule has 18 heavy (non-hydrogen) atoms. The van der Waals surface area contributed by atoms with Gasteiger partial charge in [0.25, 0.3) is 0 Å². The Morgan fingerprint density at radius 1 is 1.17 bits per heavy atom. The maximum Gasteiger partial charge on any atom is 0.0270 e. The van der Waals surface area contributed by atoms with Gasteiger partial charge in [-0.05, 0) is 36.6 Å². The molecule has 0 fully saturated rings. The first-order chi connectivity index (χ1) is 8.64. The van der Waals surface area contributed by atoms with Gasteiger partial charge >= 0.3 is 0 Å². The summed E-state index contributed by atoms with van der Waals surface area (Å²) < 4.78 is 0. The number of aryl methyl sites for hydroxylation is 1. The average molecular weight is 240 g/mol. The van der Waals surface area contributed by atoms with E-state index in [1.165, 1.54) is 16.7 Å². The van der Waals surface area contributed by atoms with Crippen molar-refractivity contribution in [1.82, 2.24) is 4.98 Å². The van der Waals surface area contributed by atoms with E-state index in [4.69, 9.17) is 5.73 Å². The zero-order chi connectivity index (χ0) is 13.0. The molecular formula is C16H20N2. The highest BCUT2D eigenvalue weighted by Gasteiger charge is 2.25. The van der Waals surface area contributed by atoms with Gasteiger partial charge in [0.15, 0.2) is 0 Å². The molecule has 0 radical (unpaired) electrons. The van der Waals surface area contributed by atoms with E-state index >= 15 is 0 Å². The van der Waals surface area contributed by atoms with Crippen LogP contribution in [0.4, 0.5) is 0 Å². The minimum atomic E-state index is -0.0205. The lowest BCUT2D eigenvalue weighted by atomic mass is 9.77. The van der Waals surface area contributed by atoms with Crippen LogP contribution in [0.1, 0.15) is 23.6 Å². The van der Waals surface area contributed by atoms with E-state index in [1.54, 1.807) is 0 Å². The van der Waals surface area contributed by atoms with Crippen LogP contribution in [0.5, 0.6) is 0 Å². The molecule has 0 aliphatic heterocycles. The Balaban J connectivity index is 2.31. The number of benzene rings is 1. The predicted octanol–water partition coefficient (Wildman–Crippen LogP) is 2.85. The summed E-state index contributed by atoms with van der Waals surface area (Å²) in [5.74, 6) is 0. The van der Waals surface area contributed by atoms with E-state index < -0.39 is 0 Å². The van der Waals surface area contributed by atoms with Crippen LogP contribution in [0.3, 0.4) is 0 Å². The smallest absolute Gasteiger partial charge is 0.0270 e. The van der Waals surface area contributed by atoms with Crippen LogP contribution >= 0.6 is 0 Å². The molecule has 1 heterocycles. The van der Waals surface area contributed by atoms with Crippen molar-refractivity contribution < 1.29 is 0 Å². The average Bonchev–Trinajstić information content (AvgIpc) is 2.40. The summed E-state index contributed by atoms with van der Waals surface area (Å²) in [5, 5.41) is 0. The Morgan fingerprint density at radius 2 is 1.89 bits per heavy atom. The first kappa shape index (κ1) is 12.8. The van der Waals surface area contributed by atoms with Gasteiger partial charge < -0.3 is 5.73 Å². The van der Waals surface area contributed by atoms with Gasteiger partial charge in [0.05, 0.1) is 0 Å². The molecule has 0 bridgehead atoms. The maximum absolute atomic E-state index is 6.02. The number of aromatic nitrogens is 1. The normalized spacial score (nSPS) is 14.2. The number of rotatable bonds is 4. The van der Waals surface area contributed by atoms with Crippen molar-refractivity contribution in [3.63, 3.8) is 0 Å². The van der Waals surface area contributed by atoms with E-state index in [0.29, 0.717) is 6.54 Å². The molecule has 0 aliphatic rings. The third-order valence-corrected chi connectivity index (χ3v) is 3.51. The fraction of sp³-hybridized carbons (Fsp3) is 0.312. The molecule has 2 N–H and O–H groups in total. The first-order valence-corrected chi connectivity index (χ1v) is 6.30. The standard InChI is InChI=1S/C16H20N2/c1-13-4-3-5-15(10-13)16(2,12-17)11-14-6-8-18-9-7-14/h3-10H,11-12,17H2,1-2H3. The molecule has 1 atom stereocenters. The van der Waals surface area contributed by atoms with Gasteiger partial charge in [0.1, 0.15) is 0 Å². The van der Waals surface area contributed by atoms with Crippen LogP contribution in [0.15, 0.2) is 48.8 Å². The quantitative estimate of drug-likeness (QED) is 0.892. The summed E-state index contributed by atoms with van der Waals surface area (Å²) in [7, 11) is 0. The van der Waals surface area contributed by atoms with Crippen LogP contribution in [0.25, 0.3) is 0 Å². The SMILES string of the molecule is Cc1cccc(C(C)(CN)Cc2ccncc2)c1. The predicted molar refractivity (Wildman–Crippen MR) is 75.5 cm³/mol. The summed E-state index contributed by atoms with van der Waals surface area (Å²) in [5.41, 5.74) is 9.86. The maximum atomic E-state index is 6.02. The van der Waals surface area contributed by atoms with Crippen molar-refractivity contribution in [3.8, 4) is 0 Å². The first-order valence-electron chi connectivity index (χ1n) is 6.30. The van der Waals surface area contributed by atoms with Gasteiger partial charge in [0.2, 0.25) is 0 Å². The number of hydrogen-bond donors (Lipinski definition) is 1. The van der Waals surface area contributed by atoms with E-state index in [0.717, 1.165) is 6.42 Å².